The number of halogens is 1. The Morgan fingerprint density at radius 1 is 1.24 bits per heavy atom. The highest BCUT2D eigenvalue weighted by Gasteiger charge is 2.12. The lowest BCUT2D eigenvalue weighted by Crippen LogP contribution is -2.15. The highest BCUT2D eigenvalue weighted by Crippen LogP contribution is 2.32. The minimum Gasteiger partial charge on any atom is -0.493 e. The van der Waals surface area contributed by atoms with Gasteiger partial charge < -0.3 is 14.2 Å². The van der Waals surface area contributed by atoms with Crippen LogP contribution in [0.15, 0.2) is 47.6 Å². The molecular weight excluding hydrogens is 344 g/mol. The van der Waals surface area contributed by atoms with Crippen molar-refractivity contribution >= 4 is 29.5 Å². The molecule has 0 heterocycles. The van der Waals surface area contributed by atoms with Gasteiger partial charge in [0, 0.05) is 11.6 Å². The number of carbonyl (C=O) groups excluding carboxylic acids is 1. The van der Waals surface area contributed by atoms with Gasteiger partial charge in [-0.25, -0.2) is 4.79 Å². The second-order valence-electron chi connectivity index (χ2n) is 4.85. The maximum atomic E-state index is 11.4. The molecule has 0 unspecified atom stereocenters. The molecule has 6 nitrogen and oxygen atoms in total. The van der Waals surface area contributed by atoms with E-state index in [2.05, 4.69) is 10.5 Å². The van der Waals surface area contributed by atoms with E-state index in [-0.39, 0.29) is 6.61 Å². The molecule has 0 aliphatic heterocycles. The predicted molar refractivity (Wildman–Crippen MR) is 97.8 cm³/mol. The molecule has 7 heteroatoms. The van der Waals surface area contributed by atoms with Crippen LogP contribution in [0.4, 0.5) is 5.69 Å². The van der Waals surface area contributed by atoms with Gasteiger partial charge in [-0.2, -0.15) is 5.10 Å². The number of benzene rings is 2. The van der Waals surface area contributed by atoms with Gasteiger partial charge in [0.15, 0.2) is 18.1 Å². The Morgan fingerprint density at radius 2 is 2.00 bits per heavy atom. The van der Waals surface area contributed by atoms with Gasteiger partial charge >= 0.3 is 5.97 Å². The SMILES string of the molecule is CCOC(=O)COc1cc(Cl)c(C=NNc2ccccc2)cc1OC. The summed E-state index contributed by atoms with van der Waals surface area (Å²) in [6, 6.07) is 12.8. The second-order valence-corrected chi connectivity index (χ2v) is 5.26. The third kappa shape index (κ3) is 5.69. The Kier molecular flexibility index (Phi) is 7.10. The lowest BCUT2D eigenvalue weighted by Gasteiger charge is -2.12. The predicted octanol–water partition coefficient (Wildman–Crippen LogP) is 3.74. The van der Waals surface area contributed by atoms with Gasteiger partial charge in [-0.15, -0.1) is 0 Å². The summed E-state index contributed by atoms with van der Waals surface area (Å²) in [5.41, 5.74) is 4.41. The van der Waals surface area contributed by atoms with Crippen molar-refractivity contribution in [1.29, 1.82) is 0 Å². The molecule has 0 radical (unpaired) electrons. The molecule has 2 rings (SSSR count). The summed E-state index contributed by atoms with van der Waals surface area (Å²) in [4.78, 5) is 11.4. The number of ether oxygens (including phenoxy) is 3. The van der Waals surface area contributed by atoms with E-state index in [4.69, 9.17) is 25.8 Å². The zero-order valence-electron chi connectivity index (χ0n) is 14.0. The Bertz CT molecular complexity index is 735. The van der Waals surface area contributed by atoms with Crippen LogP contribution in [0.5, 0.6) is 11.5 Å². The van der Waals surface area contributed by atoms with Crippen molar-refractivity contribution in [2.45, 2.75) is 6.92 Å². The van der Waals surface area contributed by atoms with Crippen LogP contribution in [0, 0.1) is 0 Å². The molecule has 0 bridgehead atoms. The summed E-state index contributed by atoms with van der Waals surface area (Å²) >= 11 is 6.25. The lowest BCUT2D eigenvalue weighted by molar-refractivity contribution is -0.145. The quantitative estimate of drug-likeness (QED) is 0.440. The van der Waals surface area contributed by atoms with Crippen LogP contribution in [0.25, 0.3) is 0 Å². The smallest absolute Gasteiger partial charge is 0.344 e. The number of nitrogens with zero attached hydrogens (tertiary/aromatic N) is 1. The van der Waals surface area contributed by atoms with Gasteiger partial charge in [-0.05, 0) is 25.1 Å². The number of hydrazone groups is 1. The fraction of sp³-hybridized carbons (Fsp3) is 0.222. The van der Waals surface area contributed by atoms with E-state index in [1.54, 1.807) is 25.3 Å². The molecule has 0 saturated heterocycles. The average molecular weight is 363 g/mol. The monoisotopic (exact) mass is 362 g/mol. The van der Waals surface area contributed by atoms with E-state index in [9.17, 15) is 4.79 Å². The highest BCUT2D eigenvalue weighted by molar-refractivity contribution is 6.33. The number of hydrogen-bond acceptors (Lipinski definition) is 6. The Balaban J connectivity index is 2.08. The van der Waals surface area contributed by atoms with Gasteiger partial charge in [0.05, 0.1) is 30.6 Å². The summed E-state index contributed by atoms with van der Waals surface area (Å²) in [6.07, 6.45) is 1.58. The molecule has 0 saturated carbocycles. The molecule has 0 aliphatic rings. The first kappa shape index (κ1) is 18.6. The first-order valence-corrected chi connectivity index (χ1v) is 8.02. The van der Waals surface area contributed by atoms with Gasteiger partial charge in [-0.1, -0.05) is 29.8 Å². The van der Waals surface area contributed by atoms with Crippen LogP contribution in [-0.4, -0.2) is 32.5 Å². The number of rotatable bonds is 8. The normalized spacial score (nSPS) is 10.5. The molecular formula is C18H19ClN2O4. The van der Waals surface area contributed by atoms with Crippen molar-refractivity contribution in [3.63, 3.8) is 0 Å². The number of methoxy groups -OCH3 is 1. The summed E-state index contributed by atoms with van der Waals surface area (Å²) in [5, 5.41) is 4.56. The van der Waals surface area contributed by atoms with Gasteiger partial charge in [0.25, 0.3) is 0 Å². The topological polar surface area (TPSA) is 69.2 Å². The Labute approximate surface area is 151 Å². The molecule has 0 amide bonds. The molecule has 2 aromatic carbocycles. The minimum absolute atomic E-state index is 0.219. The van der Waals surface area contributed by atoms with Gasteiger partial charge in [0.1, 0.15) is 0 Å². The van der Waals surface area contributed by atoms with Crippen LogP contribution < -0.4 is 14.9 Å². The number of anilines is 1. The Morgan fingerprint density at radius 3 is 2.68 bits per heavy atom. The van der Waals surface area contributed by atoms with Crippen LogP contribution >= 0.6 is 11.6 Å². The fourth-order valence-electron chi connectivity index (χ4n) is 1.95. The van der Waals surface area contributed by atoms with Crippen molar-refractivity contribution in [2.75, 3.05) is 25.7 Å². The minimum atomic E-state index is -0.460. The average Bonchev–Trinajstić information content (AvgIpc) is 2.62. The number of esters is 1. The van der Waals surface area contributed by atoms with Crippen LogP contribution in [0.3, 0.4) is 0 Å². The van der Waals surface area contributed by atoms with E-state index in [0.29, 0.717) is 28.7 Å². The molecule has 0 atom stereocenters. The third-order valence-electron chi connectivity index (χ3n) is 3.10. The number of para-hydroxylation sites is 1. The van der Waals surface area contributed by atoms with Crippen molar-refractivity contribution in [1.82, 2.24) is 0 Å². The fourth-order valence-corrected chi connectivity index (χ4v) is 2.15. The van der Waals surface area contributed by atoms with E-state index in [1.165, 1.54) is 7.11 Å². The van der Waals surface area contributed by atoms with E-state index >= 15 is 0 Å². The largest absolute Gasteiger partial charge is 0.493 e. The van der Waals surface area contributed by atoms with E-state index in [0.717, 1.165) is 5.69 Å². The van der Waals surface area contributed by atoms with Crippen LogP contribution in [0.1, 0.15) is 12.5 Å². The number of carbonyl (C=O) groups is 1. The lowest BCUT2D eigenvalue weighted by atomic mass is 10.2. The molecule has 0 aromatic heterocycles. The highest BCUT2D eigenvalue weighted by atomic mass is 35.5. The van der Waals surface area contributed by atoms with E-state index in [1.807, 2.05) is 30.3 Å². The third-order valence-corrected chi connectivity index (χ3v) is 3.43. The second kappa shape index (κ2) is 9.54. The van der Waals surface area contributed by atoms with Gasteiger partial charge in [0.2, 0.25) is 0 Å². The summed E-state index contributed by atoms with van der Waals surface area (Å²) in [6.45, 7) is 1.81. The zero-order chi connectivity index (χ0) is 18.1. The maximum Gasteiger partial charge on any atom is 0.344 e. The maximum absolute atomic E-state index is 11.4. The first-order chi connectivity index (χ1) is 12.1. The van der Waals surface area contributed by atoms with Crippen LogP contribution in [-0.2, 0) is 9.53 Å². The van der Waals surface area contributed by atoms with Crippen LogP contribution in [0.2, 0.25) is 5.02 Å². The Hall–Kier alpha value is -2.73. The number of hydrogen-bond donors (Lipinski definition) is 1. The molecule has 0 aliphatic carbocycles. The number of nitrogens with one attached hydrogen (secondary N) is 1. The zero-order valence-corrected chi connectivity index (χ0v) is 14.7. The standard InChI is InChI=1S/C18H19ClN2O4/c1-3-24-18(22)12-25-17-10-15(19)13(9-16(17)23-2)11-20-21-14-7-5-4-6-8-14/h4-11,21H,3,12H2,1-2H3. The molecule has 0 fully saturated rings. The van der Waals surface area contributed by atoms with Crippen molar-refractivity contribution in [3.05, 3.63) is 53.1 Å². The first-order valence-electron chi connectivity index (χ1n) is 7.64. The van der Waals surface area contributed by atoms with Crippen molar-refractivity contribution < 1.29 is 19.0 Å². The van der Waals surface area contributed by atoms with Gasteiger partial charge in [-0.3, -0.25) is 5.43 Å². The summed E-state index contributed by atoms with van der Waals surface area (Å²) in [5.74, 6) is 0.335. The summed E-state index contributed by atoms with van der Waals surface area (Å²) in [7, 11) is 1.50. The molecule has 1 N–H and O–H groups in total. The molecule has 0 spiro atoms. The van der Waals surface area contributed by atoms with Crippen molar-refractivity contribution in [2.24, 2.45) is 5.10 Å². The van der Waals surface area contributed by atoms with E-state index < -0.39 is 5.97 Å². The molecule has 2 aromatic rings. The molecule has 132 valence electrons. The summed E-state index contributed by atoms with van der Waals surface area (Å²) < 4.78 is 15.5. The molecule has 25 heavy (non-hydrogen) atoms. The van der Waals surface area contributed by atoms with Crippen molar-refractivity contribution in [3.8, 4) is 11.5 Å².